The van der Waals surface area contributed by atoms with E-state index >= 15 is 4.39 Å². The lowest BCUT2D eigenvalue weighted by Crippen LogP contribution is -2.59. The molecule has 0 bridgehead atoms. The Balaban J connectivity index is 1.47. The normalized spacial score (nSPS) is 22.2. The van der Waals surface area contributed by atoms with Gasteiger partial charge in [-0.3, -0.25) is 4.79 Å². The zero-order valence-corrected chi connectivity index (χ0v) is 19.0. The predicted molar refractivity (Wildman–Crippen MR) is 118 cm³/mol. The second-order valence-electron chi connectivity index (χ2n) is 8.81. The molecule has 0 N–H and O–H groups in total. The smallest absolute Gasteiger partial charge is 0.225 e. The van der Waals surface area contributed by atoms with Gasteiger partial charge in [0.2, 0.25) is 5.91 Å². The van der Waals surface area contributed by atoms with Gasteiger partial charge in [-0.1, -0.05) is 61.3 Å². The number of carbonyl (C=O) groups is 1. The molecule has 164 valence electrons. The molecule has 1 amide bonds. The molecule has 2 aliphatic heterocycles. The molecule has 2 aromatic carbocycles. The summed E-state index contributed by atoms with van der Waals surface area (Å²) in [7, 11) is 0. The molecule has 31 heavy (non-hydrogen) atoms. The molecule has 1 unspecified atom stereocenters. The Hall–Kier alpha value is -2.11. The Kier molecular flexibility index (Phi) is 5.55. The number of nitrogens with zero attached hydrogens (tertiary/aromatic N) is 1. The number of likely N-dealkylation sites (tertiary alicyclic amines) is 1. The van der Waals surface area contributed by atoms with Crippen LogP contribution in [0.5, 0.6) is 0 Å². The van der Waals surface area contributed by atoms with Crippen molar-refractivity contribution in [3.8, 4) is 0 Å². The van der Waals surface area contributed by atoms with Gasteiger partial charge in [-0.2, -0.15) is 0 Å². The first-order chi connectivity index (χ1) is 14.5. The van der Waals surface area contributed by atoms with Gasteiger partial charge in [-0.15, -0.1) is 0 Å². The number of hydrogen-bond donors (Lipinski definition) is 0. The van der Waals surface area contributed by atoms with Crippen LogP contribution < -0.4 is 0 Å². The maximum atomic E-state index is 15.2. The highest BCUT2D eigenvalue weighted by Crippen LogP contribution is 2.44. The first-order valence-corrected chi connectivity index (χ1v) is 10.9. The number of alkyl halides is 1. The fourth-order valence-electron chi connectivity index (χ4n) is 4.09. The van der Waals surface area contributed by atoms with Gasteiger partial charge in [0.15, 0.2) is 11.5 Å². The highest BCUT2D eigenvalue weighted by atomic mass is 35.5. The molecule has 2 heterocycles. The van der Waals surface area contributed by atoms with E-state index < -0.39 is 17.1 Å². The van der Waals surface area contributed by atoms with Gasteiger partial charge < -0.3 is 9.64 Å². The fraction of sp³-hybridized carbons (Fsp3) is 0.375. The van der Waals surface area contributed by atoms with Crippen LogP contribution >= 0.6 is 23.2 Å². The summed E-state index contributed by atoms with van der Waals surface area (Å²) in [5.41, 5.74) is 0.831. The molecule has 0 radical (unpaired) electrons. The molecule has 1 atom stereocenters. The van der Waals surface area contributed by atoms with Crippen molar-refractivity contribution in [2.24, 2.45) is 5.92 Å². The Labute approximate surface area is 190 Å². The van der Waals surface area contributed by atoms with Crippen molar-refractivity contribution in [2.45, 2.75) is 38.5 Å². The summed E-state index contributed by atoms with van der Waals surface area (Å²) >= 11 is 11.9. The summed E-state index contributed by atoms with van der Waals surface area (Å²) in [6, 6.07) is 10.3. The third-order valence-corrected chi connectivity index (χ3v) is 6.60. The molecular formula is C24H23Cl2F2NO2. The molecule has 7 heteroatoms. The van der Waals surface area contributed by atoms with E-state index in [1.807, 2.05) is 32.9 Å². The standard InChI is InChI=1S/C24H23Cl2F2NO2/c1-14(2)22(30)29-12-24(28,13-29)17-6-4-15(5-7-17)16-10-23(3,31-11-16)18-8-19(25)21(27)20(26)9-18/h4-9,11,14H,10,12-13H2,1-3H3. The molecule has 0 aliphatic carbocycles. The molecular weight excluding hydrogens is 443 g/mol. The van der Waals surface area contributed by atoms with E-state index in [1.54, 1.807) is 23.3 Å². The maximum absolute atomic E-state index is 15.2. The van der Waals surface area contributed by atoms with E-state index in [1.165, 1.54) is 12.1 Å². The van der Waals surface area contributed by atoms with Gasteiger partial charge in [0.05, 0.1) is 29.4 Å². The van der Waals surface area contributed by atoms with Crippen molar-refractivity contribution < 1.29 is 18.3 Å². The van der Waals surface area contributed by atoms with Gasteiger partial charge in [0, 0.05) is 12.3 Å². The fourth-order valence-corrected chi connectivity index (χ4v) is 4.58. The van der Waals surface area contributed by atoms with Crippen molar-refractivity contribution in [1.82, 2.24) is 4.90 Å². The molecule has 3 nitrogen and oxygen atoms in total. The monoisotopic (exact) mass is 465 g/mol. The number of ether oxygens (including phenoxy) is 1. The number of benzene rings is 2. The number of rotatable bonds is 4. The summed E-state index contributed by atoms with van der Waals surface area (Å²) in [5, 5.41) is -0.104. The zero-order valence-electron chi connectivity index (χ0n) is 17.5. The van der Waals surface area contributed by atoms with Crippen molar-refractivity contribution >= 4 is 34.7 Å². The van der Waals surface area contributed by atoms with Crippen molar-refractivity contribution in [3.63, 3.8) is 0 Å². The van der Waals surface area contributed by atoms with Gasteiger partial charge in [-0.05, 0) is 41.3 Å². The van der Waals surface area contributed by atoms with E-state index in [-0.39, 0.29) is 35.0 Å². The van der Waals surface area contributed by atoms with E-state index in [9.17, 15) is 9.18 Å². The maximum Gasteiger partial charge on any atom is 0.225 e. The molecule has 1 fully saturated rings. The SMILES string of the molecule is CC(C)C(=O)N1CC(F)(c2ccc(C3=COC(C)(c4cc(Cl)c(F)c(Cl)c4)C3)cc2)C1. The number of amides is 1. The average molecular weight is 466 g/mol. The van der Waals surface area contributed by atoms with Crippen LogP contribution in [0.1, 0.15) is 43.9 Å². The van der Waals surface area contributed by atoms with Gasteiger partial charge in [0.25, 0.3) is 0 Å². The summed E-state index contributed by atoms with van der Waals surface area (Å²) in [6.07, 6.45) is 2.19. The van der Waals surface area contributed by atoms with Crippen molar-refractivity contribution in [3.05, 3.63) is 75.2 Å². The van der Waals surface area contributed by atoms with Crippen LogP contribution in [-0.4, -0.2) is 23.9 Å². The number of hydrogen-bond acceptors (Lipinski definition) is 2. The summed E-state index contributed by atoms with van der Waals surface area (Å²) in [6.45, 7) is 5.68. The van der Waals surface area contributed by atoms with E-state index in [0.29, 0.717) is 17.5 Å². The second-order valence-corrected chi connectivity index (χ2v) is 9.63. The molecule has 0 saturated carbocycles. The summed E-state index contributed by atoms with van der Waals surface area (Å²) in [5.74, 6) is -0.817. The lowest BCUT2D eigenvalue weighted by atomic mass is 9.85. The highest BCUT2D eigenvalue weighted by Gasteiger charge is 2.47. The zero-order chi connectivity index (χ0) is 22.6. The van der Waals surface area contributed by atoms with Crippen LogP contribution in [0.2, 0.25) is 10.0 Å². The molecule has 0 spiro atoms. The van der Waals surface area contributed by atoms with E-state index in [2.05, 4.69) is 0 Å². The molecule has 4 rings (SSSR count). The first kappa shape index (κ1) is 22.1. The number of carbonyl (C=O) groups excluding carboxylic acids is 1. The Morgan fingerprint density at radius 1 is 1.10 bits per heavy atom. The first-order valence-electron chi connectivity index (χ1n) is 10.1. The van der Waals surface area contributed by atoms with Crippen LogP contribution in [0.15, 0.2) is 42.7 Å². The molecule has 0 aromatic heterocycles. The largest absolute Gasteiger partial charge is 0.490 e. The highest BCUT2D eigenvalue weighted by molar-refractivity contribution is 6.35. The minimum atomic E-state index is -1.51. The van der Waals surface area contributed by atoms with Crippen molar-refractivity contribution in [2.75, 3.05) is 13.1 Å². The van der Waals surface area contributed by atoms with Crippen LogP contribution in [0, 0.1) is 11.7 Å². The van der Waals surface area contributed by atoms with E-state index in [4.69, 9.17) is 27.9 Å². The minimum Gasteiger partial charge on any atom is -0.490 e. The molecule has 1 saturated heterocycles. The average Bonchev–Trinajstić information content (AvgIpc) is 3.12. The van der Waals surface area contributed by atoms with Crippen LogP contribution in [0.4, 0.5) is 8.78 Å². The van der Waals surface area contributed by atoms with Crippen LogP contribution in [0.25, 0.3) is 5.57 Å². The third-order valence-electron chi connectivity index (χ3n) is 6.05. The Bertz CT molecular complexity index is 1040. The summed E-state index contributed by atoms with van der Waals surface area (Å²) < 4.78 is 34.9. The molecule has 2 aromatic rings. The van der Waals surface area contributed by atoms with Gasteiger partial charge in [-0.25, -0.2) is 8.78 Å². The summed E-state index contributed by atoms with van der Waals surface area (Å²) in [4.78, 5) is 13.6. The lowest BCUT2D eigenvalue weighted by Gasteiger charge is -2.45. The van der Waals surface area contributed by atoms with Crippen LogP contribution in [0.3, 0.4) is 0 Å². The topological polar surface area (TPSA) is 29.5 Å². The van der Waals surface area contributed by atoms with Gasteiger partial charge >= 0.3 is 0 Å². The van der Waals surface area contributed by atoms with E-state index in [0.717, 1.165) is 11.1 Å². The van der Waals surface area contributed by atoms with Gasteiger partial charge in [0.1, 0.15) is 5.60 Å². The van der Waals surface area contributed by atoms with Crippen LogP contribution in [-0.2, 0) is 20.8 Å². The Morgan fingerprint density at radius 2 is 1.68 bits per heavy atom. The van der Waals surface area contributed by atoms with Crippen molar-refractivity contribution in [1.29, 1.82) is 0 Å². The predicted octanol–water partition coefficient (Wildman–Crippen LogP) is 6.47. The third kappa shape index (κ3) is 3.94. The Morgan fingerprint density at radius 3 is 2.23 bits per heavy atom. The minimum absolute atomic E-state index is 0.0292. The second kappa shape index (κ2) is 7.79. The number of halogens is 4. The molecule has 2 aliphatic rings. The lowest BCUT2D eigenvalue weighted by molar-refractivity contribution is -0.149. The quantitative estimate of drug-likeness (QED) is 0.484.